The number of aryl methyl sites for hydroxylation is 1. The van der Waals surface area contributed by atoms with Crippen LogP contribution >= 0.6 is 0 Å². The SMILES string of the molecule is Cc1ccc(C(C)C(=O)OS(=O)O)cc1. The lowest BCUT2D eigenvalue weighted by atomic mass is 10.0. The molecule has 2 unspecified atom stereocenters. The van der Waals surface area contributed by atoms with Crippen LogP contribution in [0.25, 0.3) is 0 Å². The monoisotopic (exact) mass is 228 g/mol. The quantitative estimate of drug-likeness (QED) is 0.801. The fraction of sp³-hybridized carbons (Fsp3) is 0.300. The van der Waals surface area contributed by atoms with Crippen molar-refractivity contribution in [3.05, 3.63) is 35.4 Å². The molecule has 0 aliphatic rings. The normalized spacial score (nSPS) is 14.3. The van der Waals surface area contributed by atoms with E-state index < -0.39 is 23.2 Å². The Morgan fingerprint density at radius 2 is 1.93 bits per heavy atom. The molecule has 0 saturated heterocycles. The maximum atomic E-state index is 11.3. The number of carbonyl (C=O) groups is 1. The first-order valence-corrected chi connectivity index (χ1v) is 5.43. The highest BCUT2D eigenvalue weighted by molar-refractivity contribution is 7.74. The van der Waals surface area contributed by atoms with Gasteiger partial charge in [0.05, 0.1) is 5.92 Å². The van der Waals surface area contributed by atoms with Crippen LogP contribution in [0.3, 0.4) is 0 Å². The summed E-state index contributed by atoms with van der Waals surface area (Å²) in [5.74, 6) is -1.25. The molecule has 82 valence electrons. The van der Waals surface area contributed by atoms with E-state index in [9.17, 15) is 9.00 Å². The van der Waals surface area contributed by atoms with Crippen LogP contribution in [0.5, 0.6) is 0 Å². The number of hydrogen-bond acceptors (Lipinski definition) is 3. The van der Waals surface area contributed by atoms with Crippen LogP contribution in [0, 0.1) is 6.92 Å². The summed E-state index contributed by atoms with van der Waals surface area (Å²) in [5.41, 5.74) is 1.85. The maximum Gasteiger partial charge on any atom is 0.360 e. The summed E-state index contributed by atoms with van der Waals surface area (Å²) in [6.45, 7) is 3.56. The van der Waals surface area contributed by atoms with Crippen molar-refractivity contribution in [2.75, 3.05) is 0 Å². The van der Waals surface area contributed by atoms with E-state index in [1.54, 1.807) is 19.1 Å². The molecule has 4 nitrogen and oxygen atoms in total. The van der Waals surface area contributed by atoms with Gasteiger partial charge < -0.3 is 4.18 Å². The van der Waals surface area contributed by atoms with Gasteiger partial charge in [-0.15, -0.1) is 0 Å². The van der Waals surface area contributed by atoms with Gasteiger partial charge in [0.2, 0.25) is 0 Å². The summed E-state index contributed by atoms with van der Waals surface area (Å²) in [4.78, 5) is 11.3. The summed E-state index contributed by atoms with van der Waals surface area (Å²) in [6, 6.07) is 7.33. The molecule has 0 aliphatic carbocycles. The first kappa shape index (κ1) is 11.9. The highest BCUT2D eigenvalue weighted by Crippen LogP contribution is 2.17. The Balaban J connectivity index is 2.76. The molecule has 0 spiro atoms. The summed E-state index contributed by atoms with van der Waals surface area (Å²) in [7, 11) is 0. The van der Waals surface area contributed by atoms with E-state index in [2.05, 4.69) is 4.18 Å². The predicted octanol–water partition coefficient (Wildman–Crippen LogP) is 1.78. The molecule has 2 atom stereocenters. The zero-order chi connectivity index (χ0) is 11.4. The summed E-state index contributed by atoms with van der Waals surface area (Å²) < 4.78 is 22.8. The minimum atomic E-state index is -2.54. The van der Waals surface area contributed by atoms with Crippen molar-refractivity contribution in [1.82, 2.24) is 0 Å². The Labute approximate surface area is 90.8 Å². The van der Waals surface area contributed by atoms with Crippen LogP contribution in [-0.2, 0) is 20.3 Å². The number of rotatable bonds is 3. The average Bonchev–Trinajstić information content (AvgIpc) is 2.17. The highest BCUT2D eigenvalue weighted by Gasteiger charge is 2.18. The molecule has 1 aromatic carbocycles. The molecular weight excluding hydrogens is 216 g/mol. The first-order valence-electron chi connectivity index (χ1n) is 4.40. The predicted molar refractivity (Wildman–Crippen MR) is 56.5 cm³/mol. The van der Waals surface area contributed by atoms with Crippen molar-refractivity contribution in [2.45, 2.75) is 19.8 Å². The number of benzene rings is 1. The van der Waals surface area contributed by atoms with E-state index >= 15 is 0 Å². The minimum absolute atomic E-state index is 0.540. The second-order valence-electron chi connectivity index (χ2n) is 3.25. The van der Waals surface area contributed by atoms with Gasteiger partial charge in [-0.2, -0.15) is 4.21 Å². The largest absolute Gasteiger partial charge is 0.360 e. The molecule has 0 saturated carbocycles. The van der Waals surface area contributed by atoms with Crippen LogP contribution in [0.2, 0.25) is 0 Å². The smallest absolute Gasteiger partial charge is 0.343 e. The Morgan fingerprint density at radius 1 is 1.40 bits per heavy atom. The zero-order valence-electron chi connectivity index (χ0n) is 8.47. The fourth-order valence-electron chi connectivity index (χ4n) is 1.13. The van der Waals surface area contributed by atoms with Gasteiger partial charge in [0.25, 0.3) is 0 Å². The minimum Gasteiger partial charge on any atom is -0.343 e. The Kier molecular flexibility index (Phi) is 3.99. The molecule has 0 heterocycles. The number of carbonyl (C=O) groups excluding carboxylic acids is 1. The van der Waals surface area contributed by atoms with Crippen LogP contribution < -0.4 is 0 Å². The molecule has 1 rings (SSSR count). The average molecular weight is 228 g/mol. The summed E-state index contributed by atoms with van der Waals surface area (Å²) in [6.07, 6.45) is 0. The zero-order valence-corrected chi connectivity index (χ0v) is 9.28. The Hall–Kier alpha value is -1.20. The lowest BCUT2D eigenvalue weighted by molar-refractivity contribution is -0.135. The van der Waals surface area contributed by atoms with E-state index in [0.29, 0.717) is 0 Å². The van der Waals surface area contributed by atoms with Crippen LogP contribution in [0.1, 0.15) is 24.0 Å². The highest BCUT2D eigenvalue weighted by atomic mass is 32.2. The molecular formula is C10H12O4S. The summed E-state index contributed by atoms with van der Waals surface area (Å²) >= 11 is -2.54. The van der Waals surface area contributed by atoms with Gasteiger partial charge in [0, 0.05) is 0 Å². The molecule has 1 N–H and O–H groups in total. The maximum absolute atomic E-state index is 11.3. The van der Waals surface area contributed by atoms with Gasteiger partial charge in [-0.1, -0.05) is 29.8 Å². The standard InChI is InChI=1S/C10H12O4S/c1-7-3-5-9(6-4-7)8(2)10(11)14-15(12)13/h3-6,8H,1-2H3,(H,12,13). The summed E-state index contributed by atoms with van der Waals surface area (Å²) in [5, 5.41) is 0. The number of hydrogen-bond donors (Lipinski definition) is 1. The van der Waals surface area contributed by atoms with Gasteiger partial charge >= 0.3 is 17.3 Å². The van der Waals surface area contributed by atoms with E-state index in [0.717, 1.165) is 11.1 Å². The molecule has 0 amide bonds. The van der Waals surface area contributed by atoms with Crippen LogP contribution in [0.15, 0.2) is 24.3 Å². The van der Waals surface area contributed by atoms with Crippen molar-refractivity contribution >= 4 is 17.3 Å². The fourth-order valence-corrected chi connectivity index (χ4v) is 1.42. The third kappa shape index (κ3) is 3.45. The van der Waals surface area contributed by atoms with Crippen LogP contribution in [0.4, 0.5) is 0 Å². The Bertz CT molecular complexity index is 372. The van der Waals surface area contributed by atoms with E-state index in [-0.39, 0.29) is 0 Å². The van der Waals surface area contributed by atoms with Crippen molar-refractivity contribution in [2.24, 2.45) is 0 Å². The molecule has 0 fully saturated rings. The lowest BCUT2D eigenvalue weighted by Crippen LogP contribution is -2.14. The molecule has 1 aromatic rings. The molecule has 0 bridgehead atoms. The van der Waals surface area contributed by atoms with Gasteiger partial charge in [0.15, 0.2) is 0 Å². The third-order valence-electron chi connectivity index (χ3n) is 2.08. The second kappa shape index (κ2) is 5.04. The van der Waals surface area contributed by atoms with Crippen LogP contribution in [-0.4, -0.2) is 14.7 Å². The van der Waals surface area contributed by atoms with Crippen molar-refractivity contribution < 1.29 is 17.7 Å². The topological polar surface area (TPSA) is 63.6 Å². The lowest BCUT2D eigenvalue weighted by Gasteiger charge is -2.08. The Morgan fingerprint density at radius 3 is 2.40 bits per heavy atom. The first-order chi connectivity index (χ1) is 7.00. The molecule has 0 aromatic heterocycles. The second-order valence-corrected chi connectivity index (χ2v) is 3.85. The van der Waals surface area contributed by atoms with Crippen molar-refractivity contribution in [3.63, 3.8) is 0 Å². The van der Waals surface area contributed by atoms with E-state index in [1.165, 1.54) is 0 Å². The van der Waals surface area contributed by atoms with Gasteiger partial charge in [0.1, 0.15) is 0 Å². The van der Waals surface area contributed by atoms with Gasteiger partial charge in [-0.25, -0.2) is 0 Å². The van der Waals surface area contributed by atoms with Gasteiger partial charge in [-0.3, -0.25) is 9.35 Å². The molecule has 15 heavy (non-hydrogen) atoms. The van der Waals surface area contributed by atoms with E-state index in [1.807, 2.05) is 19.1 Å². The molecule has 0 aliphatic heterocycles. The van der Waals surface area contributed by atoms with Gasteiger partial charge in [-0.05, 0) is 19.4 Å². The molecule has 5 heteroatoms. The van der Waals surface area contributed by atoms with Crippen molar-refractivity contribution in [1.29, 1.82) is 0 Å². The van der Waals surface area contributed by atoms with Crippen molar-refractivity contribution in [3.8, 4) is 0 Å². The molecule has 0 radical (unpaired) electrons. The third-order valence-corrected chi connectivity index (χ3v) is 2.39. The van der Waals surface area contributed by atoms with E-state index in [4.69, 9.17) is 4.55 Å².